The lowest BCUT2D eigenvalue weighted by Gasteiger charge is -2.19. The van der Waals surface area contributed by atoms with Gasteiger partial charge in [0.1, 0.15) is 6.61 Å². The highest BCUT2D eigenvalue weighted by Crippen LogP contribution is 2.46. The van der Waals surface area contributed by atoms with Gasteiger partial charge in [-0.3, -0.25) is 0 Å². The van der Waals surface area contributed by atoms with Crippen LogP contribution in [0.1, 0.15) is 32.2 Å². The van der Waals surface area contributed by atoms with E-state index < -0.39 is 11.9 Å². The summed E-state index contributed by atoms with van der Waals surface area (Å²) in [4.78, 5) is 23.3. The lowest BCUT2D eigenvalue weighted by molar-refractivity contribution is 0.0431. The lowest BCUT2D eigenvalue weighted by Crippen LogP contribution is -2.05. The molecular formula is C24H24O10. The molecule has 10 nitrogen and oxygen atoms in total. The molecule has 0 fully saturated rings. The van der Waals surface area contributed by atoms with Crippen LogP contribution in [0.15, 0.2) is 40.8 Å². The third-order valence-corrected chi connectivity index (χ3v) is 4.94. The highest BCUT2D eigenvalue weighted by Gasteiger charge is 2.22. The number of hydrogen-bond donors (Lipinski definition) is 2. The number of benzene rings is 2. The van der Waals surface area contributed by atoms with Gasteiger partial charge in [-0.15, -0.1) is 0 Å². The van der Waals surface area contributed by atoms with E-state index in [1.54, 1.807) is 24.3 Å². The first kappa shape index (κ1) is 24.5. The Morgan fingerprint density at radius 2 is 1.32 bits per heavy atom. The molecule has 0 saturated heterocycles. The average molecular weight is 472 g/mol. The van der Waals surface area contributed by atoms with Crippen LogP contribution in [0.3, 0.4) is 0 Å². The zero-order chi connectivity index (χ0) is 24.8. The van der Waals surface area contributed by atoms with Crippen molar-refractivity contribution in [3.63, 3.8) is 0 Å². The molecule has 0 radical (unpaired) electrons. The third kappa shape index (κ3) is 4.91. The van der Waals surface area contributed by atoms with Gasteiger partial charge in [0.2, 0.25) is 11.5 Å². The predicted molar refractivity (Wildman–Crippen MR) is 119 cm³/mol. The number of carboxylic acids is 1. The van der Waals surface area contributed by atoms with Gasteiger partial charge < -0.3 is 38.3 Å². The maximum absolute atomic E-state index is 12.3. The number of esters is 1. The molecule has 1 heterocycles. The Bertz CT molecular complexity index is 1190. The normalized spacial score (nSPS) is 10.5. The number of methoxy groups -OCH3 is 4. The Morgan fingerprint density at radius 3 is 1.79 bits per heavy atom. The molecular weight excluding hydrogens is 448 g/mol. The van der Waals surface area contributed by atoms with Crippen molar-refractivity contribution in [3.8, 4) is 34.1 Å². The molecule has 0 amide bonds. The van der Waals surface area contributed by atoms with Crippen LogP contribution in [0.4, 0.5) is 0 Å². The molecule has 0 saturated carbocycles. The number of aromatic carboxylic acids is 1. The Morgan fingerprint density at radius 1 is 0.794 bits per heavy atom. The lowest BCUT2D eigenvalue weighted by atomic mass is 9.97. The molecule has 1 aromatic heterocycles. The summed E-state index contributed by atoms with van der Waals surface area (Å²) in [7, 11) is 5.93. The first-order valence-electron chi connectivity index (χ1n) is 9.98. The third-order valence-electron chi connectivity index (χ3n) is 4.94. The van der Waals surface area contributed by atoms with E-state index in [-0.39, 0.29) is 24.7 Å². The van der Waals surface area contributed by atoms with Gasteiger partial charge in [0.15, 0.2) is 23.0 Å². The molecule has 0 aliphatic carbocycles. The van der Waals surface area contributed by atoms with Crippen LogP contribution in [0.25, 0.3) is 11.1 Å². The SMILES string of the molecule is COc1cc(CO)cc(-c2cc(COC(=O)c3ccc(C(=O)O)o3)cc(OC)c2OC)c1OC. The van der Waals surface area contributed by atoms with Gasteiger partial charge in [-0.1, -0.05) is 0 Å². The maximum atomic E-state index is 12.3. The van der Waals surface area contributed by atoms with Crippen molar-refractivity contribution < 1.29 is 47.9 Å². The fourth-order valence-electron chi connectivity index (χ4n) is 3.40. The summed E-state index contributed by atoms with van der Waals surface area (Å²) in [5.41, 5.74) is 2.23. The molecule has 0 bridgehead atoms. The Kier molecular flexibility index (Phi) is 7.64. The quantitative estimate of drug-likeness (QED) is 0.422. The first-order chi connectivity index (χ1) is 16.4. The van der Waals surface area contributed by atoms with Crippen LogP contribution in [0, 0.1) is 0 Å². The van der Waals surface area contributed by atoms with Crippen LogP contribution in [0.2, 0.25) is 0 Å². The summed E-state index contributed by atoms with van der Waals surface area (Å²) in [6.45, 7) is -0.403. The zero-order valence-electron chi connectivity index (χ0n) is 19.0. The van der Waals surface area contributed by atoms with E-state index in [2.05, 4.69) is 0 Å². The second kappa shape index (κ2) is 10.6. The smallest absolute Gasteiger partial charge is 0.374 e. The fraction of sp³-hybridized carbons (Fsp3) is 0.250. The van der Waals surface area contributed by atoms with Crippen LogP contribution < -0.4 is 18.9 Å². The van der Waals surface area contributed by atoms with E-state index in [0.29, 0.717) is 45.3 Å². The van der Waals surface area contributed by atoms with Gasteiger partial charge in [-0.25, -0.2) is 9.59 Å². The standard InChI is InChI=1S/C24H24O10/c1-29-19-9-13(11-25)7-15(21(19)31-3)16-8-14(10-20(30-2)22(16)32-4)12-33-24(28)18-6-5-17(34-18)23(26)27/h5-10,25H,11-12H2,1-4H3,(H,26,27). The summed E-state index contributed by atoms with van der Waals surface area (Å²) < 4.78 is 32.3. The summed E-state index contributed by atoms with van der Waals surface area (Å²) in [6.07, 6.45) is 0. The Balaban J connectivity index is 2.03. The summed E-state index contributed by atoms with van der Waals surface area (Å²) >= 11 is 0. The van der Waals surface area contributed by atoms with Crippen molar-refractivity contribution in [2.45, 2.75) is 13.2 Å². The van der Waals surface area contributed by atoms with Gasteiger partial charge in [0.05, 0.1) is 35.0 Å². The minimum atomic E-state index is -1.29. The number of ether oxygens (including phenoxy) is 5. The van der Waals surface area contributed by atoms with E-state index in [1.807, 2.05) is 0 Å². The van der Waals surface area contributed by atoms with Crippen LogP contribution in [-0.2, 0) is 18.0 Å². The molecule has 3 rings (SSSR count). The number of rotatable bonds is 10. The molecule has 180 valence electrons. The molecule has 0 atom stereocenters. The average Bonchev–Trinajstić information content (AvgIpc) is 3.36. The molecule has 0 unspecified atom stereocenters. The van der Waals surface area contributed by atoms with Crippen LogP contribution >= 0.6 is 0 Å². The van der Waals surface area contributed by atoms with Gasteiger partial charge >= 0.3 is 11.9 Å². The Hall–Kier alpha value is -4.18. The topological polar surface area (TPSA) is 134 Å². The first-order valence-corrected chi connectivity index (χ1v) is 9.98. The van der Waals surface area contributed by atoms with Crippen molar-refractivity contribution >= 4 is 11.9 Å². The van der Waals surface area contributed by atoms with E-state index >= 15 is 0 Å². The number of carbonyl (C=O) groups excluding carboxylic acids is 1. The zero-order valence-corrected chi connectivity index (χ0v) is 19.0. The summed E-state index contributed by atoms with van der Waals surface area (Å²) in [6, 6.07) is 9.14. The van der Waals surface area contributed by atoms with Crippen molar-refractivity contribution in [3.05, 3.63) is 59.0 Å². The number of aliphatic hydroxyl groups is 1. The second-order valence-corrected chi connectivity index (χ2v) is 6.96. The van der Waals surface area contributed by atoms with Gasteiger partial charge in [0, 0.05) is 11.1 Å². The number of carbonyl (C=O) groups is 2. The molecule has 0 spiro atoms. The highest BCUT2D eigenvalue weighted by molar-refractivity contribution is 5.90. The molecule has 10 heteroatoms. The van der Waals surface area contributed by atoms with Crippen LogP contribution in [-0.4, -0.2) is 50.6 Å². The fourth-order valence-corrected chi connectivity index (χ4v) is 3.40. The van der Waals surface area contributed by atoms with E-state index in [4.69, 9.17) is 33.2 Å². The largest absolute Gasteiger partial charge is 0.493 e. The molecule has 2 aromatic carbocycles. The molecule has 0 aliphatic rings. The minimum Gasteiger partial charge on any atom is -0.493 e. The van der Waals surface area contributed by atoms with E-state index in [9.17, 15) is 14.7 Å². The molecule has 3 aromatic rings. The molecule has 34 heavy (non-hydrogen) atoms. The summed E-state index contributed by atoms with van der Waals surface area (Å²) in [5, 5.41) is 18.7. The summed E-state index contributed by atoms with van der Waals surface area (Å²) in [5.74, 6) is -1.15. The monoisotopic (exact) mass is 472 g/mol. The second-order valence-electron chi connectivity index (χ2n) is 6.96. The highest BCUT2D eigenvalue weighted by atomic mass is 16.5. The minimum absolute atomic E-state index is 0.172. The van der Waals surface area contributed by atoms with E-state index in [0.717, 1.165) is 0 Å². The van der Waals surface area contributed by atoms with Crippen molar-refractivity contribution in [1.82, 2.24) is 0 Å². The number of carboxylic acid groups (broad SMARTS) is 1. The number of hydrogen-bond acceptors (Lipinski definition) is 9. The number of aliphatic hydroxyl groups excluding tert-OH is 1. The Labute approximate surface area is 195 Å². The van der Waals surface area contributed by atoms with Crippen molar-refractivity contribution in [2.75, 3.05) is 28.4 Å². The maximum Gasteiger partial charge on any atom is 0.374 e. The van der Waals surface area contributed by atoms with Gasteiger partial charge in [-0.2, -0.15) is 0 Å². The van der Waals surface area contributed by atoms with Crippen LogP contribution in [0.5, 0.6) is 23.0 Å². The number of furan rings is 1. The molecule has 2 N–H and O–H groups in total. The predicted octanol–water partition coefficient (Wildman–Crippen LogP) is 3.53. The van der Waals surface area contributed by atoms with Crippen molar-refractivity contribution in [2.24, 2.45) is 0 Å². The molecule has 0 aliphatic heterocycles. The van der Waals surface area contributed by atoms with Gasteiger partial charge in [-0.05, 0) is 47.5 Å². The van der Waals surface area contributed by atoms with Crippen molar-refractivity contribution in [1.29, 1.82) is 0 Å². The van der Waals surface area contributed by atoms with Gasteiger partial charge in [0.25, 0.3) is 0 Å². The van der Waals surface area contributed by atoms with E-state index in [1.165, 1.54) is 40.6 Å².